The van der Waals surface area contributed by atoms with Gasteiger partial charge in [0, 0.05) is 51.2 Å². The van der Waals surface area contributed by atoms with Crippen molar-refractivity contribution in [1.29, 1.82) is 0 Å². The van der Waals surface area contributed by atoms with E-state index in [1.165, 1.54) is 0 Å². The Hall–Kier alpha value is -9.70. The van der Waals surface area contributed by atoms with Crippen molar-refractivity contribution in [3.05, 3.63) is 316 Å². The molecule has 0 bridgehead atoms. The van der Waals surface area contributed by atoms with Gasteiger partial charge in [-0.15, -0.1) is 0 Å². The van der Waals surface area contributed by atoms with Crippen LogP contribution in [0.15, 0.2) is 316 Å². The molecule has 0 heterocycles. The van der Waals surface area contributed by atoms with E-state index in [9.17, 15) is 0 Å². The van der Waals surface area contributed by atoms with Crippen molar-refractivity contribution in [1.82, 2.24) is 0 Å². The number of para-hydroxylation sites is 5. The van der Waals surface area contributed by atoms with Crippen molar-refractivity contribution in [2.75, 3.05) is 14.7 Å². The standard InChI is InChI=1S/C70H53N3/c1-3-26-56(4-2)71(57-31-16-7-17-32-57)62-45-41-54(42-46-62)69-67(52-27-12-5-13-28-52)65-50-49-64(73(60-37-22-10-23-38-60)61-39-24-11-25-40-61)51-66(65)68(53-29-14-6-15-30-53)70(69)55-43-47-63(48-44-55)72(58-33-18-8-19-34-58)59-35-20-9-21-36-59/h3-51H,1-2H2/b56-26+. The van der Waals surface area contributed by atoms with Crippen LogP contribution in [0.5, 0.6) is 0 Å². The highest BCUT2D eigenvalue weighted by atomic mass is 15.2. The fourth-order valence-electron chi connectivity index (χ4n) is 10.1. The fourth-order valence-corrected chi connectivity index (χ4v) is 10.1. The van der Waals surface area contributed by atoms with E-state index < -0.39 is 0 Å². The van der Waals surface area contributed by atoms with Crippen LogP contribution in [0.4, 0.5) is 45.5 Å². The molecule has 3 heteroatoms. The molecule has 11 aromatic carbocycles. The van der Waals surface area contributed by atoms with Crippen molar-refractivity contribution in [3.8, 4) is 44.5 Å². The van der Waals surface area contributed by atoms with Crippen LogP contribution in [0.1, 0.15) is 0 Å². The highest BCUT2D eigenvalue weighted by Crippen LogP contribution is 2.53. The van der Waals surface area contributed by atoms with E-state index >= 15 is 0 Å². The van der Waals surface area contributed by atoms with Gasteiger partial charge in [0.15, 0.2) is 0 Å². The van der Waals surface area contributed by atoms with Crippen LogP contribution < -0.4 is 14.7 Å². The second-order valence-corrected chi connectivity index (χ2v) is 17.8. The molecule has 0 aromatic heterocycles. The zero-order valence-electron chi connectivity index (χ0n) is 40.5. The predicted octanol–water partition coefficient (Wildman–Crippen LogP) is 19.8. The topological polar surface area (TPSA) is 9.72 Å². The Morgan fingerprint density at radius 3 is 0.973 bits per heavy atom. The Labute approximate surface area is 429 Å². The Morgan fingerprint density at radius 1 is 0.274 bits per heavy atom. The molecule has 0 radical (unpaired) electrons. The van der Waals surface area contributed by atoms with Crippen LogP contribution in [0, 0.1) is 0 Å². The third-order valence-electron chi connectivity index (χ3n) is 13.3. The highest BCUT2D eigenvalue weighted by molar-refractivity contribution is 6.19. The largest absolute Gasteiger partial charge is 0.311 e. The van der Waals surface area contributed by atoms with Crippen molar-refractivity contribution >= 4 is 56.3 Å². The molecule has 0 aliphatic heterocycles. The first-order chi connectivity index (χ1) is 36.2. The number of fused-ring (bicyclic) bond motifs is 1. The van der Waals surface area contributed by atoms with Crippen LogP contribution in [0.25, 0.3) is 55.3 Å². The average molecular weight is 936 g/mol. The van der Waals surface area contributed by atoms with Gasteiger partial charge in [-0.05, 0) is 164 Å². The Morgan fingerprint density at radius 2 is 0.575 bits per heavy atom. The molecular formula is C70H53N3. The van der Waals surface area contributed by atoms with Gasteiger partial charge in [0.1, 0.15) is 0 Å². The molecule has 0 spiro atoms. The van der Waals surface area contributed by atoms with Gasteiger partial charge in [0.25, 0.3) is 0 Å². The summed E-state index contributed by atoms with van der Waals surface area (Å²) in [6.07, 6.45) is 5.70. The molecule has 0 aliphatic carbocycles. The molecule has 73 heavy (non-hydrogen) atoms. The van der Waals surface area contributed by atoms with Gasteiger partial charge >= 0.3 is 0 Å². The highest BCUT2D eigenvalue weighted by Gasteiger charge is 2.26. The van der Waals surface area contributed by atoms with E-state index in [4.69, 9.17) is 0 Å². The number of hydrogen-bond donors (Lipinski definition) is 0. The normalized spacial score (nSPS) is 11.2. The summed E-state index contributed by atoms with van der Waals surface area (Å²) >= 11 is 0. The van der Waals surface area contributed by atoms with Crippen molar-refractivity contribution in [3.63, 3.8) is 0 Å². The van der Waals surface area contributed by atoms with E-state index in [0.29, 0.717) is 0 Å². The van der Waals surface area contributed by atoms with E-state index in [-0.39, 0.29) is 0 Å². The molecule has 0 atom stereocenters. The first-order valence-electron chi connectivity index (χ1n) is 24.7. The molecule has 0 N–H and O–H groups in total. The van der Waals surface area contributed by atoms with Gasteiger partial charge in [0.2, 0.25) is 0 Å². The lowest BCUT2D eigenvalue weighted by Crippen LogP contribution is -2.14. The minimum atomic E-state index is 0.924. The molecule has 348 valence electrons. The SMILES string of the molecule is C=C/C=C(\C=C)N(c1ccccc1)c1ccc(-c2c(-c3ccc(N(c4ccccc4)c4ccccc4)cc3)c(-c3ccccc3)c3cc(N(c4ccccc4)c4ccccc4)ccc3c2-c2ccccc2)cc1. The molecule has 0 aliphatic rings. The molecular weight excluding hydrogens is 883 g/mol. The molecule has 0 saturated carbocycles. The van der Waals surface area contributed by atoms with Crippen LogP contribution in [-0.2, 0) is 0 Å². The smallest absolute Gasteiger partial charge is 0.0468 e. The molecule has 0 fully saturated rings. The summed E-state index contributed by atoms with van der Waals surface area (Å²) in [6.45, 7) is 8.26. The number of anilines is 8. The fraction of sp³-hybridized carbons (Fsp3) is 0. The van der Waals surface area contributed by atoms with E-state index in [2.05, 4.69) is 301 Å². The zero-order valence-corrected chi connectivity index (χ0v) is 40.5. The number of nitrogens with zero attached hydrogens (tertiary/aromatic N) is 3. The number of benzene rings is 11. The summed E-state index contributed by atoms with van der Waals surface area (Å²) in [5, 5.41) is 2.30. The first-order valence-corrected chi connectivity index (χ1v) is 24.7. The Kier molecular flexibility index (Phi) is 13.2. The van der Waals surface area contributed by atoms with E-state index in [1.807, 2.05) is 24.3 Å². The van der Waals surface area contributed by atoms with Gasteiger partial charge in [-0.25, -0.2) is 0 Å². The quantitative estimate of drug-likeness (QED) is 0.0949. The summed E-state index contributed by atoms with van der Waals surface area (Å²) in [5.74, 6) is 0. The van der Waals surface area contributed by atoms with Gasteiger partial charge in [0.05, 0.1) is 0 Å². The molecule has 0 unspecified atom stereocenters. The molecule has 0 amide bonds. The van der Waals surface area contributed by atoms with Crippen molar-refractivity contribution in [2.24, 2.45) is 0 Å². The molecule has 3 nitrogen and oxygen atoms in total. The number of allylic oxidation sites excluding steroid dienone is 3. The number of rotatable bonds is 15. The lowest BCUT2D eigenvalue weighted by Gasteiger charge is -2.29. The lowest BCUT2D eigenvalue weighted by molar-refractivity contribution is 1.21. The maximum absolute atomic E-state index is 4.21. The minimum Gasteiger partial charge on any atom is -0.311 e. The third-order valence-corrected chi connectivity index (χ3v) is 13.3. The van der Waals surface area contributed by atoms with E-state index in [1.54, 1.807) is 0 Å². The molecule has 11 rings (SSSR count). The summed E-state index contributed by atoms with van der Waals surface area (Å²) in [5.41, 5.74) is 18.5. The Balaban J connectivity index is 1.23. The van der Waals surface area contributed by atoms with Gasteiger partial charge in [-0.1, -0.05) is 201 Å². The summed E-state index contributed by atoms with van der Waals surface area (Å²) in [6, 6.07) is 100. The van der Waals surface area contributed by atoms with Crippen molar-refractivity contribution in [2.45, 2.75) is 0 Å². The van der Waals surface area contributed by atoms with Gasteiger partial charge in [-0.3, -0.25) is 0 Å². The van der Waals surface area contributed by atoms with Crippen LogP contribution in [0.2, 0.25) is 0 Å². The van der Waals surface area contributed by atoms with E-state index in [0.717, 1.165) is 106 Å². The lowest BCUT2D eigenvalue weighted by atomic mass is 9.78. The van der Waals surface area contributed by atoms with Crippen LogP contribution in [-0.4, -0.2) is 0 Å². The maximum atomic E-state index is 4.21. The van der Waals surface area contributed by atoms with Gasteiger partial charge in [-0.2, -0.15) is 0 Å². The Bertz CT molecular complexity index is 3570. The average Bonchev–Trinajstić information content (AvgIpc) is 3.47. The second kappa shape index (κ2) is 21.1. The maximum Gasteiger partial charge on any atom is 0.0468 e. The third kappa shape index (κ3) is 9.27. The molecule has 11 aromatic rings. The van der Waals surface area contributed by atoms with Gasteiger partial charge < -0.3 is 14.7 Å². The first kappa shape index (κ1) is 45.7. The monoisotopic (exact) mass is 935 g/mol. The van der Waals surface area contributed by atoms with Crippen molar-refractivity contribution < 1.29 is 0 Å². The second-order valence-electron chi connectivity index (χ2n) is 17.8. The summed E-state index contributed by atoms with van der Waals surface area (Å²) < 4.78 is 0. The zero-order chi connectivity index (χ0) is 49.3. The number of hydrogen-bond acceptors (Lipinski definition) is 3. The summed E-state index contributed by atoms with van der Waals surface area (Å²) in [4.78, 5) is 6.90. The molecule has 0 saturated heterocycles. The predicted molar refractivity (Wildman–Crippen MR) is 312 cm³/mol. The summed E-state index contributed by atoms with van der Waals surface area (Å²) in [7, 11) is 0. The minimum absolute atomic E-state index is 0.924. The van der Waals surface area contributed by atoms with Crippen LogP contribution >= 0.6 is 0 Å². The van der Waals surface area contributed by atoms with Crippen LogP contribution in [0.3, 0.4) is 0 Å².